The van der Waals surface area contributed by atoms with E-state index >= 15 is 0 Å². The van der Waals surface area contributed by atoms with Crippen molar-refractivity contribution in [3.05, 3.63) is 59.7 Å². The van der Waals surface area contributed by atoms with E-state index in [0.717, 1.165) is 0 Å². The Morgan fingerprint density at radius 1 is 0.571 bits per heavy atom. The van der Waals surface area contributed by atoms with Gasteiger partial charge in [0.15, 0.2) is 0 Å². The van der Waals surface area contributed by atoms with Crippen molar-refractivity contribution >= 4 is 0 Å². The van der Waals surface area contributed by atoms with Gasteiger partial charge in [-0.2, -0.15) is 26.3 Å². The number of alkyl halides is 6. The molecule has 0 spiro atoms. The summed E-state index contributed by atoms with van der Waals surface area (Å²) >= 11 is 0. The average Bonchev–Trinajstić information content (AvgIpc) is 3.58. The Labute approximate surface area is 198 Å². The normalized spacial score (nSPS) is 19.3. The van der Waals surface area contributed by atoms with Gasteiger partial charge in [-0.3, -0.25) is 0 Å². The van der Waals surface area contributed by atoms with Crippen molar-refractivity contribution in [3.63, 3.8) is 0 Å². The molecule has 4 N–H and O–H groups in total. The highest BCUT2D eigenvalue weighted by atomic mass is 19.4. The summed E-state index contributed by atoms with van der Waals surface area (Å²) in [6, 6.07) is 11.2. The highest BCUT2D eigenvalue weighted by molar-refractivity contribution is 5.37. The van der Waals surface area contributed by atoms with E-state index in [4.69, 9.17) is 9.47 Å². The molecule has 6 nitrogen and oxygen atoms in total. The van der Waals surface area contributed by atoms with Crippen LogP contribution in [0.3, 0.4) is 0 Å². The Kier molecular flexibility index (Phi) is 5.83. The van der Waals surface area contributed by atoms with E-state index in [9.17, 15) is 26.3 Å². The van der Waals surface area contributed by atoms with E-state index < -0.39 is 34.9 Å². The molecule has 0 aliphatic carbocycles. The zero-order valence-corrected chi connectivity index (χ0v) is 19.4. The Hall–Kier alpha value is -2.54. The van der Waals surface area contributed by atoms with Crippen molar-refractivity contribution in [2.24, 2.45) is 0 Å². The van der Waals surface area contributed by atoms with Gasteiger partial charge in [-0.05, 0) is 63.1 Å². The molecule has 35 heavy (non-hydrogen) atoms. The molecule has 2 heterocycles. The van der Waals surface area contributed by atoms with E-state index in [2.05, 4.69) is 21.7 Å². The molecule has 0 saturated carbocycles. The fraction of sp³-hybridized carbons (Fsp3) is 0.478. The molecule has 2 aromatic rings. The molecule has 2 fully saturated rings. The van der Waals surface area contributed by atoms with Crippen molar-refractivity contribution in [1.82, 2.24) is 21.7 Å². The quantitative estimate of drug-likeness (QED) is 0.306. The van der Waals surface area contributed by atoms with Crippen molar-refractivity contribution in [1.29, 1.82) is 0 Å². The number of hydrogen-bond donors (Lipinski definition) is 4. The second kappa shape index (κ2) is 7.99. The largest absolute Gasteiger partial charge is 0.488 e. The van der Waals surface area contributed by atoms with Crippen LogP contribution in [-0.4, -0.2) is 23.6 Å². The maximum Gasteiger partial charge on any atom is 0.426 e. The lowest BCUT2D eigenvalue weighted by Crippen LogP contribution is -2.41. The minimum absolute atomic E-state index is 0.0196. The summed E-state index contributed by atoms with van der Waals surface area (Å²) < 4.78 is 91.4. The van der Waals surface area contributed by atoms with Crippen molar-refractivity contribution in [3.8, 4) is 11.5 Å². The predicted molar refractivity (Wildman–Crippen MR) is 115 cm³/mol. The lowest BCUT2D eigenvalue weighted by atomic mass is 9.91. The van der Waals surface area contributed by atoms with Crippen LogP contribution in [0.25, 0.3) is 0 Å². The number of benzene rings is 2. The second-order valence-electron chi connectivity index (χ2n) is 9.94. The molecule has 0 unspecified atom stereocenters. The zero-order chi connectivity index (χ0) is 25.9. The fourth-order valence-electron chi connectivity index (χ4n) is 4.31. The number of hydrazine groups is 2. The molecule has 2 aliphatic rings. The van der Waals surface area contributed by atoms with Crippen LogP contribution in [0, 0.1) is 0 Å². The van der Waals surface area contributed by atoms with Gasteiger partial charge >= 0.3 is 12.4 Å². The molecule has 2 saturated heterocycles. The molecule has 2 aliphatic heterocycles. The maximum atomic E-state index is 13.2. The number of halogens is 6. The highest BCUT2D eigenvalue weighted by Crippen LogP contribution is 2.44. The van der Waals surface area contributed by atoms with Crippen LogP contribution in [-0.2, 0) is 11.3 Å². The summed E-state index contributed by atoms with van der Waals surface area (Å²) in [7, 11) is 0. The standard InChI is InChI=1S/C23H26F6N4O2/c1-18(2,34-16-9-5-14(6-10-16)20(30-31-20)22(24,25)26)13-19(3,4)35-17-11-7-15(8-12-17)21(32-33-21)23(27,28)29/h5-12,30-33H,13H2,1-4H3. The zero-order valence-electron chi connectivity index (χ0n) is 19.4. The van der Waals surface area contributed by atoms with Gasteiger partial charge in [0, 0.05) is 6.42 Å². The van der Waals surface area contributed by atoms with E-state index in [0.29, 0.717) is 17.9 Å². The minimum atomic E-state index is -4.49. The van der Waals surface area contributed by atoms with Crippen LogP contribution in [0.2, 0.25) is 0 Å². The maximum absolute atomic E-state index is 13.2. The molecule has 0 bridgehead atoms. The third-order valence-corrected chi connectivity index (χ3v) is 5.81. The monoisotopic (exact) mass is 504 g/mol. The molecule has 0 radical (unpaired) electrons. The first-order valence-corrected chi connectivity index (χ1v) is 10.8. The van der Waals surface area contributed by atoms with Crippen molar-refractivity contribution in [2.75, 3.05) is 0 Å². The van der Waals surface area contributed by atoms with Crippen molar-refractivity contribution < 1.29 is 35.8 Å². The Bertz CT molecular complexity index is 972. The molecule has 12 heteroatoms. The smallest absolute Gasteiger partial charge is 0.426 e. The van der Waals surface area contributed by atoms with E-state index in [1.165, 1.54) is 48.5 Å². The summed E-state index contributed by atoms with van der Waals surface area (Å²) in [5.41, 5.74) is 2.63. The van der Waals surface area contributed by atoms with Crippen molar-refractivity contribution in [2.45, 2.75) is 69.0 Å². The lowest BCUT2D eigenvalue weighted by Gasteiger charge is -2.36. The van der Waals surface area contributed by atoms with Crippen LogP contribution >= 0.6 is 0 Å². The first kappa shape index (κ1) is 25.5. The molecule has 0 atom stereocenters. The highest BCUT2D eigenvalue weighted by Gasteiger charge is 2.66. The van der Waals surface area contributed by atoms with Crippen LogP contribution in [0.1, 0.15) is 45.2 Å². The van der Waals surface area contributed by atoms with Gasteiger partial charge < -0.3 is 9.47 Å². The second-order valence-corrected chi connectivity index (χ2v) is 9.94. The average molecular weight is 504 g/mol. The van der Waals surface area contributed by atoms with E-state index in [-0.39, 0.29) is 11.1 Å². The molecule has 2 aromatic carbocycles. The summed E-state index contributed by atoms with van der Waals surface area (Å²) in [4.78, 5) is 0. The van der Waals surface area contributed by atoms with Gasteiger partial charge in [-0.25, -0.2) is 21.7 Å². The summed E-state index contributed by atoms with van der Waals surface area (Å²) in [5, 5.41) is 0. The summed E-state index contributed by atoms with van der Waals surface area (Å²) in [5.74, 6) is 0.775. The number of rotatable bonds is 8. The molecular weight excluding hydrogens is 478 g/mol. The third-order valence-electron chi connectivity index (χ3n) is 5.81. The minimum Gasteiger partial charge on any atom is -0.488 e. The van der Waals surface area contributed by atoms with Gasteiger partial charge in [0.2, 0.25) is 11.3 Å². The SMILES string of the molecule is CC(C)(CC(C)(C)Oc1ccc(C2(C(F)(F)F)NN2)cc1)Oc1ccc(C2(C(F)(F)F)NN2)cc1. The summed E-state index contributed by atoms with van der Waals surface area (Å²) in [6.45, 7) is 7.25. The van der Waals surface area contributed by atoms with Crippen LogP contribution in [0.15, 0.2) is 48.5 Å². The van der Waals surface area contributed by atoms with Crippen LogP contribution in [0.4, 0.5) is 26.3 Å². The Morgan fingerprint density at radius 3 is 1.09 bits per heavy atom. The topological polar surface area (TPSA) is 106 Å². The Morgan fingerprint density at radius 2 is 0.857 bits per heavy atom. The van der Waals surface area contributed by atoms with Gasteiger partial charge in [-0.1, -0.05) is 24.3 Å². The molecule has 4 rings (SSSR count). The van der Waals surface area contributed by atoms with E-state index in [1.807, 2.05) is 27.7 Å². The van der Waals surface area contributed by atoms with Crippen LogP contribution in [0.5, 0.6) is 11.5 Å². The van der Waals surface area contributed by atoms with Gasteiger partial charge in [0.25, 0.3) is 0 Å². The molecule has 0 aromatic heterocycles. The van der Waals surface area contributed by atoms with Gasteiger partial charge in [0.1, 0.15) is 22.7 Å². The first-order chi connectivity index (χ1) is 16.0. The Balaban J connectivity index is 1.38. The fourth-order valence-corrected chi connectivity index (χ4v) is 4.31. The van der Waals surface area contributed by atoms with Gasteiger partial charge in [-0.15, -0.1) is 0 Å². The number of hydrogen-bond acceptors (Lipinski definition) is 6. The predicted octanol–water partition coefficient (Wildman–Crippen LogP) is 4.74. The number of ether oxygens (including phenoxy) is 2. The third kappa shape index (κ3) is 5.06. The number of nitrogens with one attached hydrogen (secondary N) is 4. The molecular formula is C23H26F6N4O2. The van der Waals surface area contributed by atoms with Crippen LogP contribution < -0.4 is 31.2 Å². The molecule has 0 amide bonds. The summed E-state index contributed by atoms with van der Waals surface area (Å²) in [6.07, 6.45) is -8.62. The molecule has 192 valence electrons. The first-order valence-electron chi connectivity index (χ1n) is 10.8. The van der Waals surface area contributed by atoms with Gasteiger partial charge in [0.05, 0.1) is 0 Å². The lowest BCUT2D eigenvalue weighted by molar-refractivity contribution is -0.166. The van der Waals surface area contributed by atoms with E-state index in [1.54, 1.807) is 0 Å².